The number of carbonyl (C=O) groups is 1. The summed E-state index contributed by atoms with van der Waals surface area (Å²) in [6.45, 7) is 0. The van der Waals surface area contributed by atoms with Crippen LogP contribution >= 0.6 is 0 Å². The molecule has 2 heterocycles. The van der Waals surface area contributed by atoms with E-state index in [1.54, 1.807) is 0 Å². The first-order valence-corrected chi connectivity index (χ1v) is 8.09. The van der Waals surface area contributed by atoms with Gasteiger partial charge in [0.1, 0.15) is 17.6 Å². The van der Waals surface area contributed by atoms with Crippen molar-refractivity contribution in [3.05, 3.63) is 99.2 Å². The number of rotatable bonds is 4. The van der Waals surface area contributed by atoms with E-state index in [1.165, 1.54) is 0 Å². The van der Waals surface area contributed by atoms with Crippen LogP contribution in [0.4, 0.5) is 22.0 Å². The average molecular weight is 409 g/mol. The zero-order chi connectivity index (χ0) is 21.3. The highest BCUT2D eigenvalue weighted by molar-refractivity contribution is 5.92. The van der Waals surface area contributed by atoms with Gasteiger partial charge in [-0.2, -0.15) is 17.6 Å². The van der Waals surface area contributed by atoms with Crippen LogP contribution in [0.1, 0.15) is 33.2 Å². The Morgan fingerprint density at radius 2 is 1.66 bits per heavy atom. The normalized spacial score (nSPS) is 12.6. The van der Waals surface area contributed by atoms with Gasteiger partial charge in [0, 0.05) is 12.3 Å². The molecule has 2 aromatic heterocycles. The van der Waals surface area contributed by atoms with Crippen LogP contribution in [-0.2, 0) is 6.18 Å². The van der Waals surface area contributed by atoms with E-state index in [0.717, 1.165) is 59.3 Å². The van der Waals surface area contributed by atoms with Crippen molar-refractivity contribution in [1.29, 1.82) is 0 Å². The monoisotopic (exact) mass is 409 g/mol. The number of nitrogens with two attached hydrogens (primary N) is 1. The Hall–Kier alpha value is -3.56. The summed E-state index contributed by atoms with van der Waals surface area (Å²) in [6, 6.07) is 5.72. The first-order valence-electron chi connectivity index (χ1n) is 8.09. The fourth-order valence-corrected chi connectivity index (χ4v) is 2.78. The molecule has 3 rings (SSSR count). The van der Waals surface area contributed by atoms with Crippen molar-refractivity contribution in [3.63, 3.8) is 0 Å². The van der Waals surface area contributed by atoms with Crippen molar-refractivity contribution in [3.8, 4) is 0 Å². The minimum atomic E-state index is -4.61. The molecule has 5 nitrogen and oxygen atoms in total. The third-order valence-electron chi connectivity index (χ3n) is 4.15. The van der Waals surface area contributed by atoms with Gasteiger partial charge in [-0.3, -0.25) is 9.59 Å². The predicted octanol–water partition coefficient (Wildman–Crippen LogP) is 3.28. The second kappa shape index (κ2) is 7.46. The highest BCUT2D eigenvalue weighted by atomic mass is 19.4. The van der Waals surface area contributed by atoms with Crippen LogP contribution in [0, 0.1) is 11.8 Å². The van der Waals surface area contributed by atoms with Gasteiger partial charge < -0.3 is 10.3 Å². The fraction of sp³-hybridized carbons (Fsp3) is 0.105. The molecule has 1 amide bonds. The number of aromatic nitrogens is 2. The first kappa shape index (κ1) is 20.2. The molecule has 29 heavy (non-hydrogen) atoms. The standard InChI is InChI=1S/C19H12F5N3O2/c20-13-6-7-14(21)26-16(13)17(10-1-4-12(5-2-10)19(22,23)24)27-9-11(18(25)29)3-8-15(27)28/h1-9,17H,(H2,25,29)/t17-/m0/s1. The Bertz CT molecular complexity index is 1120. The van der Waals surface area contributed by atoms with E-state index in [1.807, 2.05) is 0 Å². The Kier molecular flexibility index (Phi) is 5.19. The van der Waals surface area contributed by atoms with E-state index in [9.17, 15) is 31.5 Å². The van der Waals surface area contributed by atoms with Crippen LogP contribution in [0.2, 0.25) is 0 Å². The molecule has 150 valence electrons. The fourth-order valence-electron chi connectivity index (χ4n) is 2.78. The number of nitrogens with zero attached hydrogens (tertiary/aromatic N) is 2. The van der Waals surface area contributed by atoms with Gasteiger partial charge in [-0.1, -0.05) is 12.1 Å². The van der Waals surface area contributed by atoms with Crippen LogP contribution in [0.15, 0.2) is 59.5 Å². The molecular formula is C19H12F5N3O2. The molecular weight excluding hydrogens is 397 g/mol. The number of hydrogen-bond acceptors (Lipinski definition) is 3. The molecule has 0 spiro atoms. The first-order chi connectivity index (χ1) is 13.6. The number of carbonyl (C=O) groups excluding carboxylic acids is 1. The lowest BCUT2D eigenvalue weighted by Gasteiger charge is -2.21. The summed E-state index contributed by atoms with van der Waals surface area (Å²) in [6.07, 6.45) is -3.60. The van der Waals surface area contributed by atoms with Crippen LogP contribution in [0.25, 0.3) is 0 Å². The molecule has 1 aromatic carbocycles. The van der Waals surface area contributed by atoms with Crippen molar-refractivity contribution in [2.45, 2.75) is 12.2 Å². The van der Waals surface area contributed by atoms with Gasteiger partial charge in [-0.05, 0) is 35.9 Å². The maximum Gasteiger partial charge on any atom is 0.416 e. The van der Waals surface area contributed by atoms with E-state index in [0.29, 0.717) is 0 Å². The largest absolute Gasteiger partial charge is 0.416 e. The second-order valence-electron chi connectivity index (χ2n) is 6.05. The second-order valence-corrected chi connectivity index (χ2v) is 6.05. The number of primary amides is 1. The van der Waals surface area contributed by atoms with E-state index in [4.69, 9.17) is 5.73 Å². The van der Waals surface area contributed by atoms with Crippen LogP contribution in [0.5, 0.6) is 0 Å². The molecule has 0 radical (unpaired) electrons. The summed E-state index contributed by atoms with van der Waals surface area (Å²) in [4.78, 5) is 27.3. The lowest BCUT2D eigenvalue weighted by molar-refractivity contribution is -0.137. The molecule has 0 saturated carbocycles. The van der Waals surface area contributed by atoms with Gasteiger partial charge in [-0.25, -0.2) is 9.37 Å². The predicted molar refractivity (Wildman–Crippen MR) is 92.1 cm³/mol. The summed E-state index contributed by atoms with van der Waals surface area (Å²) < 4.78 is 67.6. The van der Waals surface area contributed by atoms with Crippen molar-refractivity contribution in [2.24, 2.45) is 5.73 Å². The highest BCUT2D eigenvalue weighted by Crippen LogP contribution is 2.32. The minimum absolute atomic E-state index is 0.0127. The maximum absolute atomic E-state index is 14.4. The van der Waals surface area contributed by atoms with Crippen LogP contribution in [0.3, 0.4) is 0 Å². The van der Waals surface area contributed by atoms with Crippen molar-refractivity contribution in [1.82, 2.24) is 9.55 Å². The molecule has 3 aromatic rings. The lowest BCUT2D eigenvalue weighted by atomic mass is 10.00. The Morgan fingerprint density at radius 1 is 1.00 bits per heavy atom. The Morgan fingerprint density at radius 3 is 2.24 bits per heavy atom. The molecule has 0 unspecified atom stereocenters. The summed E-state index contributed by atoms with van der Waals surface area (Å²) in [5.74, 6) is -2.94. The third kappa shape index (κ3) is 4.15. The van der Waals surface area contributed by atoms with Gasteiger partial charge in [-0.15, -0.1) is 0 Å². The number of amides is 1. The molecule has 0 aliphatic rings. The number of halogens is 5. The van der Waals surface area contributed by atoms with Crippen molar-refractivity contribution < 1.29 is 26.7 Å². The summed E-state index contributed by atoms with van der Waals surface area (Å²) in [5, 5.41) is 0. The van der Waals surface area contributed by atoms with Crippen LogP contribution in [-0.4, -0.2) is 15.5 Å². The Labute approximate surface area is 160 Å². The summed E-state index contributed by atoms with van der Waals surface area (Å²) in [5.41, 5.74) is 2.86. The van der Waals surface area contributed by atoms with E-state index >= 15 is 0 Å². The molecule has 0 saturated heterocycles. The SMILES string of the molecule is NC(=O)c1ccc(=O)n([C@@H](c2ccc(C(F)(F)F)cc2)c2nc(F)ccc2F)c1. The zero-order valence-corrected chi connectivity index (χ0v) is 14.5. The molecule has 0 fully saturated rings. The van der Waals surface area contributed by atoms with Crippen molar-refractivity contribution in [2.75, 3.05) is 0 Å². The Balaban J connectivity index is 2.26. The molecule has 0 aliphatic carbocycles. The van der Waals surface area contributed by atoms with E-state index in [2.05, 4.69) is 4.98 Å². The van der Waals surface area contributed by atoms with Gasteiger partial charge >= 0.3 is 6.18 Å². The maximum atomic E-state index is 14.4. The quantitative estimate of drug-likeness (QED) is 0.531. The van der Waals surface area contributed by atoms with E-state index < -0.39 is 46.7 Å². The van der Waals surface area contributed by atoms with E-state index in [-0.39, 0.29) is 11.1 Å². The highest BCUT2D eigenvalue weighted by Gasteiger charge is 2.31. The lowest BCUT2D eigenvalue weighted by Crippen LogP contribution is -2.28. The number of benzene rings is 1. The number of hydrogen-bond donors (Lipinski definition) is 1. The molecule has 0 aliphatic heterocycles. The third-order valence-corrected chi connectivity index (χ3v) is 4.15. The number of pyridine rings is 2. The van der Waals surface area contributed by atoms with Gasteiger partial charge in [0.15, 0.2) is 0 Å². The summed E-state index contributed by atoms with van der Waals surface area (Å²) >= 11 is 0. The summed E-state index contributed by atoms with van der Waals surface area (Å²) in [7, 11) is 0. The molecule has 10 heteroatoms. The molecule has 0 bridgehead atoms. The number of alkyl halides is 3. The van der Waals surface area contributed by atoms with Crippen LogP contribution < -0.4 is 11.3 Å². The molecule has 1 atom stereocenters. The van der Waals surface area contributed by atoms with Crippen molar-refractivity contribution >= 4 is 5.91 Å². The molecule has 2 N–H and O–H groups in total. The van der Waals surface area contributed by atoms with Gasteiger partial charge in [0.05, 0.1) is 11.1 Å². The minimum Gasteiger partial charge on any atom is -0.366 e. The van der Waals surface area contributed by atoms with Gasteiger partial charge in [0.25, 0.3) is 5.56 Å². The zero-order valence-electron chi connectivity index (χ0n) is 14.5. The topological polar surface area (TPSA) is 78.0 Å². The van der Waals surface area contributed by atoms with Gasteiger partial charge in [0.2, 0.25) is 11.9 Å². The smallest absolute Gasteiger partial charge is 0.366 e. The average Bonchev–Trinajstić information content (AvgIpc) is 2.65.